The Morgan fingerprint density at radius 3 is 1.90 bits per heavy atom. The molecule has 0 atom stereocenters. The van der Waals surface area contributed by atoms with Gasteiger partial charge in [-0.2, -0.15) is 0 Å². The van der Waals surface area contributed by atoms with Crippen molar-refractivity contribution in [2.45, 2.75) is 0 Å². The van der Waals surface area contributed by atoms with Crippen LogP contribution in [0, 0.1) is 0 Å². The molecule has 0 amide bonds. The van der Waals surface area contributed by atoms with Gasteiger partial charge in [0.25, 0.3) is 0 Å². The summed E-state index contributed by atoms with van der Waals surface area (Å²) in [6, 6.07) is 48.4. The molecular formula is C38H22OS. The average molecular weight is 527 g/mol. The van der Waals surface area contributed by atoms with E-state index in [-0.39, 0.29) is 0 Å². The molecule has 7 aromatic carbocycles. The molecule has 0 unspecified atom stereocenters. The molecule has 0 saturated heterocycles. The molecule has 0 spiro atoms. The number of furan rings is 1. The highest BCUT2D eigenvalue weighted by molar-refractivity contribution is 7.25. The van der Waals surface area contributed by atoms with Crippen molar-refractivity contribution in [3.8, 4) is 22.3 Å². The standard InChI is InChI=1S/C38H22OS/c1-2-10-23(11-3-1)37-32-22-36-31(27-14-7-9-17-35(27)40-36)21-29(32)25-12-4-5-15-28(25)38(37)24-18-19-34-30(20-24)26-13-6-8-16-33(26)39-34/h1-22H. The highest BCUT2D eigenvalue weighted by Crippen LogP contribution is 2.48. The SMILES string of the molecule is c1ccc(-c2c(-c3ccc4oc5ccccc5c4c3)c3ccccc3c3cc4c(cc23)sc2ccccc24)cc1. The van der Waals surface area contributed by atoms with Gasteiger partial charge in [-0.25, -0.2) is 0 Å². The highest BCUT2D eigenvalue weighted by Gasteiger charge is 2.20. The van der Waals surface area contributed by atoms with E-state index >= 15 is 0 Å². The first-order valence-corrected chi connectivity index (χ1v) is 14.4. The number of fused-ring (bicyclic) bond motifs is 9. The fraction of sp³-hybridized carbons (Fsp3) is 0. The van der Waals surface area contributed by atoms with E-state index in [0.717, 1.165) is 21.9 Å². The van der Waals surface area contributed by atoms with Crippen molar-refractivity contribution in [1.82, 2.24) is 0 Å². The summed E-state index contributed by atoms with van der Waals surface area (Å²) < 4.78 is 8.85. The van der Waals surface area contributed by atoms with Gasteiger partial charge >= 0.3 is 0 Å². The molecule has 2 aromatic heterocycles. The lowest BCUT2D eigenvalue weighted by Crippen LogP contribution is -1.92. The molecule has 0 saturated carbocycles. The van der Waals surface area contributed by atoms with Crippen LogP contribution in [-0.4, -0.2) is 0 Å². The molecule has 0 aliphatic rings. The summed E-state index contributed by atoms with van der Waals surface area (Å²) >= 11 is 1.88. The first-order valence-electron chi connectivity index (χ1n) is 13.6. The van der Waals surface area contributed by atoms with E-state index in [2.05, 4.69) is 121 Å². The van der Waals surface area contributed by atoms with Gasteiger partial charge in [0.15, 0.2) is 0 Å². The van der Waals surface area contributed by atoms with Crippen molar-refractivity contribution >= 4 is 75.0 Å². The van der Waals surface area contributed by atoms with Gasteiger partial charge < -0.3 is 4.42 Å². The fourth-order valence-electron chi connectivity index (χ4n) is 6.49. The number of rotatable bonds is 2. The van der Waals surface area contributed by atoms with Gasteiger partial charge in [0.05, 0.1) is 0 Å². The van der Waals surface area contributed by atoms with Crippen molar-refractivity contribution in [2.75, 3.05) is 0 Å². The number of para-hydroxylation sites is 1. The topological polar surface area (TPSA) is 13.1 Å². The fourth-order valence-corrected chi connectivity index (χ4v) is 7.62. The number of thiophene rings is 1. The summed E-state index contributed by atoms with van der Waals surface area (Å²) in [5.41, 5.74) is 6.82. The van der Waals surface area contributed by atoms with Crippen molar-refractivity contribution in [3.05, 3.63) is 133 Å². The zero-order chi connectivity index (χ0) is 26.2. The maximum absolute atomic E-state index is 6.19. The van der Waals surface area contributed by atoms with Crippen LogP contribution in [0.5, 0.6) is 0 Å². The van der Waals surface area contributed by atoms with Crippen LogP contribution in [0.25, 0.3) is 85.9 Å². The van der Waals surface area contributed by atoms with Crippen LogP contribution in [0.3, 0.4) is 0 Å². The summed E-state index contributed by atoms with van der Waals surface area (Å²) in [6.07, 6.45) is 0. The van der Waals surface area contributed by atoms with E-state index in [0.29, 0.717) is 0 Å². The van der Waals surface area contributed by atoms with Crippen molar-refractivity contribution in [2.24, 2.45) is 0 Å². The molecule has 0 N–H and O–H groups in total. The summed E-state index contributed by atoms with van der Waals surface area (Å²) in [7, 11) is 0. The lowest BCUT2D eigenvalue weighted by molar-refractivity contribution is 0.669. The predicted molar refractivity (Wildman–Crippen MR) is 172 cm³/mol. The monoisotopic (exact) mass is 526 g/mol. The second kappa shape index (κ2) is 8.29. The third-order valence-electron chi connectivity index (χ3n) is 8.25. The third-order valence-corrected chi connectivity index (χ3v) is 9.38. The second-order valence-corrected chi connectivity index (χ2v) is 11.5. The van der Waals surface area contributed by atoms with Crippen LogP contribution in [0.15, 0.2) is 138 Å². The van der Waals surface area contributed by atoms with E-state index in [1.807, 2.05) is 23.5 Å². The van der Waals surface area contributed by atoms with Gasteiger partial charge in [0.1, 0.15) is 11.2 Å². The van der Waals surface area contributed by atoms with Gasteiger partial charge in [-0.3, -0.25) is 0 Å². The Hall–Kier alpha value is -4.92. The zero-order valence-corrected chi connectivity index (χ0v) is 22.3. The molecule has 186 valence electrons. The Morgan fingerprint density at radius 2 is 1.02 bits per heavy atom. The summed E-state index contributed by atoms with van der Waals surface area (Å²) in [5, 5.41) is 10.1. The summed E-state index contributed by atoms with van der Waals surface area (Å²) in [4.78, 5) is 0. The van der Waals surface area contributed by atoms with E-state index in [4.69, 9.17) is 4.42 Å². The van der Waals surface area contributed by atoms with Crippen LogP contribution in [0.1, 0.15) is 0 Å². The lowest BCUT2D eigenvalue weighted by atomic mass is 9.84. The Kier molecular flexibility index (Phi) is 4.55. The number of benzene rings is 7. The molecule has 2 heteroatoms. The number of hydrogen-bond donors (Lipinski definition) is 0. The van der Waals surface area contributed by atoms with E-state index in [1.165, 1.54) is 64.0 Å². The normalized spacial score (nSPS) is 12.0. The lowest BCUT2D eigenvalue weighted by Gasteiger charge is -2.19. The van der Waals surface area contributed by atoms with Crippen LogP contribution < -0.4 is 0 Å². The molecular weight excluding hydrogens is 504 g/mol. The van der Waals surface area contributed by atoms with Crippen molar-refractivity contribution in [1.29, 1.82) is 0 Å². The van der Waals surface area contributed by atoms with Gasteiger partial charge in [0, 0.05) is 30.9 Å². The molecule has 0 radical (unpaired) electrons. The minimum absolute atomic E-state index is 0.920. The Balaban J connectivity index is 1.49. The van der Waals surface area contributed by atoms with Crippen molar-refractivity contribution in [3.63, 3.8) is 0 Å². The maximum atomic E-state index is 6.19. The quantitative estimate of drug-likeness (QED) is 0.204. The van der Waals surface area contributed by atoms with E-state index in [9.17, 15) is 0 Å². The van der Waals surface area contributed by atoms with Gasteiger partial charge in [-0.1, -0.05) is 97.1 Å². The van der Waals surface area contributed by atoms with E-state index in [1.54, 1.807) is 0 Å². The molecule has 0 fully saturated rings. The molecule has 0 aliphatic heterocycles. The first kappa shape index (κ1) is 22.0. The molecule has 2 heterocycles. The summed E-state index contributed by atoms with van der Waals surface area (Å²) in [5.74, 6) is 0. The molecule has 9 rings (SSSR count). The van der Waals surface area contributed by atoms with Crippen LogP contribution in [-0.2, 0) is 0 Å². The van der Waals surface area contributed by atoms with Crippen LogP contribution >= 0.6 is 11.3 Å². The third kappa shape index (κ3) is 3.08. The Bertz CT molecular complexity index is 2420. The molecule has 0 aliphatic carbocycles. The van der Waals surface area contributed by atoms with E-state index < -0.39 is 0 Å². The zero-order valence-electron chi connectivity index (χ0n) is 21.5. The predicted octanol–water partition coefficient (Wildman–Crippen LogP) is 11.6. The van der Waals surface area contributed by atoms with Gasteiger partial charge in [-0.05, 0) is 80.2 Å². The van der Waals surface area contributed by atoms with Gasteiger partial charge in [0.2, 0.25) is 0 Å². The minimum Gasteiger partial charge on any atom is -0.456 e. The molecule has 0 bridgehead atoms. The number of hydrogen-bond acceptors (Lipinski definition) is 2. The van der Waals surface area contributed by atoms with Crippen LogP contribution in [0.2, 0.25) is 0 Å². The minimum atomic E-state index is 0.920. The smallest absolute Gasteiger partial charge is 0.135 e. The maximum Gasteiger partial charge on any atom is 0.135 e. The van der Waals surface area contributed by atoms with Gasteiger partial charge in [-0.15, -0.1) is 11.3 Å². The average Bonchev–Trinajstić information content (AvgIpc) is 3.57. The Morgan fingerprint density at radius 1 is 0.350 bits per heavy atom. The molecule has 40 heavy (non-hydrogen) atoms. The highest BCUT2D eigenvalue weighted by atomic mass is 32.1. The summed E-state index contributed by atoms with van der Waals surface area (Å²) in [6.45, 7) is 0. The molecule has 1 nitrogen and oxygen atoms in total. The first-order chi connectivity index (χ1) is 19.8. The van der Waals surface area contributed by atoms with Crippen LogP contribution in [0.4, 0.5) is 0 Å². The molecule has 9 aromatic rings. The Labute approximate surface area is 234 Å². The largest absolute Gasteiger partial charge is 0.456 e. The van der Waals surface area contributed by atoms with Crippen molar-refractivity contribution < 1.29 is 4.42 Å². The second-order valence-electron chi connectivity index (χ2n) is 10.5.